The molecule has 0 aromatic heterocycles. The van der Waals surface area contributed by atoms with Crippen molar-refractivity contribution < 1.29 is 9.53 Å². The van der Waals surface area contributed by atoms with Crippen molar-refractivity contribution in [2.75, 3.05) is 19.0 Å². The molecule has 0 atom stereocenters. The van der Waals surface area contributed by atoms with E-state index in [9.17, 15) is 4.79 Å². The lowest BCUT2D eigenvalue weighted by Gasteiger charge is -2.29. The highest BCUT2D eigenvalue weighted by Crippen LogP contribution is 2.37. The van der Waals surface area contributed by atoms with Crippen molar-refractivity contribution in [1.29, 1.82) is 0 Å². The molecule has 102 valence electrons. The second kappa shape index (κ2) is 5.21. The quantitative estimate of drug-likeness (QED) is 0.857. The molecule has 1 aliphatic carbocycles. The van der Waals surface area contributed by atoms with Crippen LogP contribution in [0.2, 0.25) is 0 Å². The van der Waals surface area contributed by atoms with Gasteiger partial charge in [0.15, 0.2) is 6.61 Å². The number of carbonyl (C=O) groups is 1. The van der Waals surface area contributed by atoms with Crippen molar-refractivity contribution in [3.05, 3.63) is 23.8 Å². The van der Waals surface area contributed by atoms with Crippen molar-refractivity contribution in [3.63, 3.8) is 0 Å². The van der Waals surface area contributed by atoms with Gasteiger partial charge in [-0.2, -0.15) is 0 Å². The fraction of sp³-hybridized carbons (Fsp3) is 0.533. The molecule has 1 heterocycles. The van der Waals surface area contributed by atoms with Crippen LogP contribution in [0.15, 0.2) is 18.2 Å². The van der Waals surface area contributed by atoms with Crippen molar-refractivity contribution in [2.45, 2.75) is 37.6 Å². The summed E-state index contributed by atoms with van der Waals surface area (Å²) in [5, 5.41) is 6.24. The average Bonchev–Trinajstić information content (AvgIpc) is 2.46. The molecular weight excluding hydrogens is 240 g/mol. The van der Waals surface area contributed by atoms with E-state index in [1.54, 1.807) is 0 Å². The zero-order valence-electron chi connectivity index (χ0n) is 11.2. The molecule has 1 aliphatic heterocycles. The molecule has 0 saturated heterocycles. The van der Waals surface area contributed by atoms with Crippen molar-refractivity contribution in [1.82, 2.24) is 5.32 Å². The van der Waals surface area contributed by atoms with Crippen LogP contribution in [0.4, 0.5) is 5.69 Å². The summed E-state index contributed by atoms with van der Waals surface area (Å²) in [4.78, 5) is 11.4. The summed E-state index contributed by atoms with van der Waals surface area (Å²) in [5.74, 6) is 1.32. The van der Waals surface area contributed by atoms with Gasteiger partial charge < -0.3 is 15.4 Å². The van der Waals surface area contributed by atoms with Crippen molar-refractivity contribution in [2.24, 2.45) is 0 Å². The maximum Gasteiger partial charge on any atom is 0.262 e. The number of nitrogens with one attached hydrogen (secondary N) is 2. The SMILES string of the molecule is CNC1CCC(c2ccc3c(c2)NC(=O)CO3)CC1. The van der Waals surface area contributed by atoms with E-state index < -0.39 is 0 Å². The van der Waals surface area contributed by atoms with Crippen LogP contribution in [0, 0.1) is 0 Å². The first-order valence-corrected chi connectivity index (χ1v) is 7.00. The fourth-order valence-corrected chi connectivity index (χ4v) is 3.07. The molecule has 4 nitrogen and oxygen atoms in total. The first-order chi connectivity index (χ1) is 9.26. The number of hydrogen-bond donors (Lipinski definition) is 2. The molecule has 2 N–H and O–H groups in total. The molecule has 3 rings (SSSR count). The molecule has 2 aliphatic rings. The van der Waals surface area contributed by atoms with E-state index in [2.05, 4.69) is 22.8 Å². The third kappa shape index (κ3) is 2.59. The van der Waals surface area contributed by atoms with Crippen LogP contribution in [0.3, 0.4) is 0 Å². The maximum atomic E-state index is 11.4. The molecule has 0 spiro atoms. The van der Waals surface area contributed by atoms with Gasteiger partial charge in [-0.1, -0.05) is 6.07 Å². The third-order valence-corrected chi connectivity index (χ3v) is 4.24. The van der Waals surface area contributed by atoms with Gasteiger partial charge in [0, 0.05) is 6.04 Å². The lowest BCUT2D eigenvalue weighted by Crippen LogP contribution is -2.29. The monoisotopic (exact) mass is 260 g/mol. The predicted octanol–water partition coefficient (Wildman–Crippen LogP) is 2.26. The molecule has 1 aromatic carbocycles. The molecule has 0 radical (unpaired) electrons. The van der Waals surface area contributed by atoms with E-state index in [0.717, 1.165) is 11.4 Å². The topological polar surface area (TPSA) is 50.4 Å². The Kier molecular flexibility index (Phi) is 3.42. The normalized spacial score (nSPS) is 26.3. The summed E-state index contributed by atoms with van der Waals surface area (Å²) in [6.45, 7) is 0.125. The van der Waals surface area contributed by atoms with E-state index in [4.69, 9.17) is 4.74 Å². The number of fused-ring (bicyclic) bond motifs is 1. The zero-order chi connectivity index (χ0) is 13.2. The Morgan fingerprint density at radius 3 is 2.79 bits per heavy atom. The largest absolute Gasteiger partial charge is 0.482 e. The third-order valence-electron chi connectivity index (χ3n) is 4.24. The summed E-state index contributed by atoms with van der Waals surface area (Å²) in [7, 11) is 2.04. The minimum Gasteiger partial charge on any atom is -0.482 e. The Morgan fingerprint density at radius 1 is 1.26 bits per heavy atom. The van der Waals surface area contributed by atoms with Gasteiger partial charge in [-0.15, -0.1) is 0 Å². The second-order valence-corrected chi connectivity index (χ2v) is 5.43. The minimum atomic E-state index is -0.0662. The lowest BCUT2D eigenvalue weighted by molar-refractivity contribution is -0.118. The standard InChI is InChI=1S/C15H20N2O2/c1-16-12-5-2-10(3-6-12)11-4-7-14-13(8-11)17-15(18)9-19-14/h4,7-8,10,12,16H,2-3,5-6,9H2,1H3,(H,17,18). The average molecular weight is 260 g/mol. The Hall–Kier alpha value is -1.55. The Balaban J connectivity index is 1.75. The molecule has 1 aromatic rings. The summed E-state index contributed by atoms with van der Waals surface area (Å²) < 4.78 is 5.39. The van der Waals surface area contributed by atoms with Gasteiger partial charge in [0.25, 0.3) is 5.91 Å². The van der Waals surface area contributed by atoms with Gasteiger partial charge >= 0.3 is 0 Å². The number of anilines is 1. The zero-order valence-corrected chi connectivity index (χ0v) is 11.2. The van der Waals surface area contributed by atoms with Crippen LogP contribution in [0.5, 0.6) is 5.75 Å². The van der Waals surface area contributed by atoms with E-state index in [1.807, 2.05) is 13.1 Å². The number of hydrogen-bond acceptors (Lipinski definition) is 3. The van der Waals surface area contributed by atoms with Crippen LogP contribution in [-0.2, 0) is 4.79 Å². The summed E-state index contributed by atoms with van der Waals surface area (Å²) in [5.41, 5.74) is 2.14. The van der Waals surface area contributed by atoms with Gasteiger partial charge in [-0.25, -0.2) is 0 Å². The molecular formula is C15H20N2O2. The van der Waals surface area contributed by atoms with Crippen LogP contribution in [-0.4, -0.2) is 25.6 Å². The molecule has 4 heteroatoms. The van der Waals surface area contributed by atoms with Crippen molar-refractivity contribution in [3.8, 4) is 5.75 Å². The van der Waals surface area contributed by atoms with Crippen LogP contribution >= 0.6 is 0 Å². The highest BCUT2D eigenvalue weighted by atomic mass is 16.5. The number of benzene rings is 1. The molecule has 0 bridgehead atoms. The number of carbonyl (C=O) groups excluding carboxylic acids is 1. The number of rotatable bonds is 2. The minimum absolute atomic E-state index is 0.0662. The molecule has 19 heavy (non-hydrogen) atoms. The maximum absolute atomic E-state index is 11.4. The summed E-state index contributed by atoms with van der Waals surface area (Å²) in [6.07, 6.45) is 4.86. The van der Waals surface area contributed by atoms with Gasteiger partial charge in [0.1, 0.15) is 5.75 Å². The van der Waals surface area contributed by atoms with Gasteiger partial charge in [0.2, 0.25) is 0 Å². The summed E-state index contributed by atoms with van der Waals surface area (Å²) >= 11 is 0. The van der Waals surface area contributed by atoms with Crippen molar-refractivity contribution >= 4 is 11.6 Å². The van der Waals surface area contributed by atoms with E-state index in [1.165, 1.54) is 31.2 Å². The van der Waals surface area contributed by atoms with E-state index in [0.29, 0.717) is 12.0 Å². The highest BCUT2D eigenvalue weighted by Gasteiger charge is 2.23. The molecule has 1 saturated carbocycles. The number of ether oxygens (including phenoxy) is 1. The van der Waals surface area contributed by atoms with Crippen LogP contribution < -0.4 is 15.4 Å². The first kappa shape index (κ1) is 12.5. The predicted molar refractivity (Wildman–Crippen MR) is 74.6 cm³/mol. The summed E-state index contributed by atoms with van der Waals surface area (Å²) in [6, 6.07) is 6.86. The van der Waals surface area contributed by atoms with Crippen LogP contribution in [0.25, 0.3) is 0 Å². The fourth-order valence-electron chi connectivity index (χ4n) is 3.07. The first-order valence-electron chi connectivity index (χ1n) is 7.00. The molecule has 1 fully saturated rings. The van der Waals surface area contributed by atoms with Gasteiger partial charge in [-0.05, 0) is 56.3 Å². The van der Waals surface area contributed by atoms with E-state index >= 15 is 0 Å². The molecule has 1 amide bonds. The van der Waals surface area contributed by atoms with Crippen LogP contribution in [0.1, 0.15) is 37.2 Å². The van der Waals surface area contributed by atoms with E-state index in [-0.39, 0.29) is 12.5 Å². The van der Waals surface area contributed by atoms with Gasteiger partial charge in [-0.3, -0.25) is 4.79 Å². The smallest absolute Gasteiger partial charge is 0.262 e. The molecule has 0 unspecified atom stereocenters. The Morgan fingerprint density at radius 2 is 2.05 bits per heavy atom. The highest BCUT2D eigenvalue weighted by molar-refractivity contribution is 5.95. The lowest BCUT2D eigenvalue weighted by atomic mass is 9.81. The Labute approximate surface area is 113 Å². The van der Waals surface area contributed by atoms with Gasteiger partial charge in [0.05, 0.1) is 5.69 Å². The Bertz CT molecular complexity index is 479. The second-order valence-electron chi connectivity index (χ2n) is 5.43. The number of amides is 1.